The molecule has 1 aliphatic heterocycles. The van der Waals surface area contributed by atoms with Crippen molar-refractivity contribution < 1.29 is 4.79 Å². The molecule has 0 radical (unpaired) electrons. The van der Waals surface area contributed by atoms with Crippen LogP contribution in [0.1, 0.15) is 25.7 Å². The number of anilines is 1. The highest BCUT2D eigenvalue weighted by Gasteiger charge is 2.32. The predicted molar refractivity (Wildman–Crippen MR) is 69.1 cm³/mol. The number of nitrogens with zero attached hydrogens (tertiary/aromatic N) is 1. The van der Waals surface area contributed by atoms with Gasteiger partial charge in [0.15, 0.2) is 5.78 Å². The lowest BCUT2D eigenvalue weighted by atomic mass is 9.85. The number of rotatable bonds is 1. The van der Waals surface area contributed by atoms with Crippen LogP contribution in [0.5, 0.6) is 0 Å². The molecule has 1 atom stereocenters. The lowest BCUT2D eigenvalue weighted by molar-refractivity contribution is -0.116. The van der Waals surface area contributed by atoms with E-state index in [0.29, 0.717) is 18.2 Å². The Morgan fingerprint density at radius 1 is 1.18 bits per heavy atom. The van der Waals surface area contributed by atoms with Crippen LogP contribution in [0.4, 0.5) is 5.69 Å². The lowest BCUT2D eigenvalue weighted by Crippen LogP contribution is -2.45. The molecule has 17 heavy (non-hydrogen) atoms. The monoisotopic (exact) mass is 227 g/mol. The van der Waals surface area contributed by atoms with Gasteiger partial charge in [0.25, 0.3) is 0 Å². The van der Waals surface area contributed by atoms with Gasteiger partial charge in [0.1, 0.15) is 0 Å². The number of ketones is 1. The number of hydrogen-bond acceptors (Lipinski definition) is 2. The number of allylic oxidation sites excluding steroid dienone is 1. The summed E-state index contributed by atoms with van der Waals surface area (Å²) >= 11 is 0. The van der Waals surface area contributed by atoms with Gasteiger partial charge in [-0.25, -0.2) is 0 Å². The first-order valence-corrected chi connectivity index (χ1v) is 6.41. The van der Waals surface area contributed by atoms with Crippen molar-refractivity contribution >= 4 is 11.5 Å². The van der Waals surface area contributed by atoms with Crippen molar-refractivity contribution in [3.05, 3.63) is 42.0 Å². The molecule has 0 N–H and O–H groups in total. The highest BCUT2D eigenvalue weighted by Crippen LogP contribution is 2.32. The van der Waals surface area contributed by atoms with Gasteiger partial charge in [-0.15, -0.1) is 0 Å². The predicted octanol–water partition coefficient (Wildman–Crippen LogP) is 2.94. The molecule has 1 heterocycles. The second-order valence-corrected chi connectivity index (χ2v) is 4.81. The standard InChI is InChI=1S/C15H17NO/c17-15-10-11-16(12-6-2-1-3-7-12)14-9-5-4-8-13(14)15/h1-3,6-8,14H,4-5,9-11H2. The number of benzene rings is 1. The van der Waals surface area contributed by atoms with Crippen molar-refractivity contribution in [2.75, 3.05) is 11.4 Å². The van der Waals surface area contributed by atoms with Gasteiger partial charge in [-0.1, -0.05) is 24.3 Å². The number of fused-ring (bicyclic) bond motifs is 1. The summed E-state index contributed by atoms with van der Waals surface area (Å²) in [7, 11) is 0. The largest absolute Gasteiger partial charge is 0.364 e. The normalized spacial score (nSPS) is 24.2. The Morgan fingerprint density at radius 3 is 2.82 bits per heavy atom. The van der Waals surface area contributed by atoms with Crippen LogP contribution < -0.4 is 4.90 Å². The summed E-state index contributed by atoms with van der Waals surface area (Å²) in [5.74, 6) is 0.363. The summed E-state index contributed by atoms with van der Waals surface area (Å²) in [6.45, 7) is 0.866. The topological polar surface area (TPSA) is 20.3 Å². The van der Waals surface area contributed by atoms with Crippen molar-refractivity contribution in [2.45, 2.75) is 31.7 Å². The van der Waals surface area contributed by atoms with Gasteiger partial charge in [0, 0.05) is 24.2 Å². The molecule has 2 aliphatic rings. The average Bonchev–Trinajstić information content (AvgIpc) is 2.41. The minimum absolute atomic E-state index is 0.326. The third-order valence-corrected chi connectivity index (χ3v) is 3.77. The zero-order valence-electron chi connectivity index (χ0n) is 9.93. The van der Waals surface area contributed by atoms with E-state index in [1.54, 1.807) is 0 Å². The number of carbonyl (C=O) groups is 1. The molecule has 2 heteroatoms. The van der Waals surface area contributed by atoms with Gasteiger partial charge < -0.3 is 4.90 Å². The van der Waals surface area contributed by atoms with E-state index in [1.165, 1.54) is 12.1 Å². The molecule has 0 spiro atoms. The van der Waals surface area contributed by atoms with Gasteiger partial charge in [0.05, 0.1) is 6.04 Å². The van der Waals surface area contributed by atoms with Gasteiger partial charge in [-0.2, -0.15) is 0 Å². The van der Waals surface area contributed by atoms with Gasteiger partial charge >= 0.3 is 0 Å². The number of hydrogen-bond donors (Lipinski definition) is 0. The number of Topliss-reactive ketones (excluding diaryl/α,β-unsaturated/α-hetero) is 1. The average molecular weight is 227 g/mol. The molecule has 1 fully saturated rings. The van der Waals surface area contributed by atoms with E-state index in [-0.39, 0.29) is 0 Å². The second-order valence-electron chi connectivity index (χ2n) is 4.81. The first-order valence-electron chi connectivity index (χ1n) is 6.41. The first-order chi connectivity index (χ1) is 8.36. The number of piperidine rings is 1. The first kappa shape index (κ1) is 10.6. The summed E-state index contributed by atoms with van der Waals surface area (Å²) in [5, 5.41) is 0. The Labute approximate surface area is 102 Å². The minimum atomic E-state index is 0.326. The van der Waals surface area contributed by atoms with Gasteiger partial charge in [-0.3, -0.25) is 4.79 Å². The highest BCUT2D eigenvalue weighted by molar-refractivity contribution is 5.99. The molecule has 1 saturated heterocycles. The van der Waals surface area contributed by atoms with Crippen molar-refractivity contribution in [3.63, 3.8) is 0 Å². The van der Waals surface area contributed by atoms with Crippen molar-refractivity contribution in [3.8, 4) is 0 Å². The maximum Gasteiger partial charge on any atom is 0.162 e. The third-order valence-electron chi connectivity index (χ3n) is 3.77. The second kappa shape index (κ2) is 4.36. The molecule has 88 valence electrons. The molecular formula is C15H17NO. The SMILES string of the molecule is O=C1CCN(c2ccccc2)C2CCCC=C12. The van der Waals surface area contributed by atoms with Crippen LogP contribution in [-0.2, 0) is 4.79 Å². The third kappa shape index (κ3) is 1.88. The Bertz CT molecular complexity index is 449. The van der Waals surface area contributed by atoms with Crippen LogP contribution in [0.15, 0.2) is 42.0 Å². The zero-order chi connectivity index (χ0) is 11.7. The van der Waals surface area contributed by atoms with E-state index in [4.69, 9.17) is 0 Å². The van der Waals surface area contributed by atoms with Crippen LogP contribution >= 0.6 is 0 Å². The molecular weight excluding hydrogens is 210 g/mol. The fraction of sp³-hybridized carbons (Fsp3) is 0.400. The molecule has 1 aliphatic carbocycles. The molecule has 0 saturated carbocycles. The van der Waals surface area contributed by atoms with Crippen LogP contribution in [0.25, 0.3) is 0 Å². The highest BCUT2D eigenvalue weighted by atomic mass is 16.1. The maximum atomic E-state index is 11.9. The molecule has 1 unspecified atom stereocenters. The minimum Gasteiger partial charge on any atom is -0.364 e. The molecule has 0 aromatic heterocycles. The fourth-order valence-corrected chi connectivity index (χ4v) is 2.93. The fourth-order valence-electron chi connectivity index (χ4n) is 2.93. The molecule has 0 bridgehead atoms. The number of para-hydroxylation sites is 1. The quantitative estimate of drug-likeness (QED) is 0.735. The summed E-state index contributed by atoms with van der Waals surface area (Å²) in [4.78, 5) is 14.3. The van der Waals surface area contributed by atoms with Crippen LogP contribution in [0.3, 0.4) is 0 Å². The van der Waals surface area contributed by atoms with Crippen molar-refractivity contribution in [1.82, 2.24) is 0 Å². The Hall–Kier alpha value is -1.57. The van der Waals surface area contributed by atoms with E-state index in [2.05, 4.69) is 35.2 Å². The Morgan fingerprint density at radius 2 is 2.00 bits per heavy atom. The molecule has 2 nitrogen and oxygen atoms in total. The van der Waals surface area contributed by atoms with Gasteiger partial charge in [0.2, 0.25) is 0 Å². The summed E-state index contributed by atoms with van der Waals surface area (Å²) < 4.78 is 0. The number of carbonyl (C=O) groups excluding carboxylic acids is 1. The van der Waals surface area contributed by atoms with Crippen molar-refractivity contribution in [1.29, 1.82) is 0 Å². The van der Waals surface area contributed by atoms with Crippen LogP contribution in [0, 0.1) is 0 Å². The van der Waals surface area contributed by atoms with Crippen molar-refractivity contribution in [2.24, 2.45) is 0 Å². The van der Waals surface area contributed by atoms with E-state index in [9.17, 15) is 4.79 Å². The zero-order valence-corrected chi connectivity index (χ0v) is 9.93. The Kier molecular flexibility index (Phi) is 2.71. The van der Waals surface area contributed by atoms with Crippen LogP contribution in [0.2, 0.25) is 0 Å². The van der Waals surface area contributed by atoms with Crippen LogP contribution in [-0.4, -0.2) is 18.4 Å². The molecule has 3 rings (SSSR count). The van der Waals surface area contributed by atoms with E-state index < -0.39 is 0 Å². The molecule has 1 aromatic rings. The molecule has 0 amide bonds. The van der Waals surface area contributed by atoms with E-state index in [0.717, 1.165) is 25.0 Å². The van der Waals surface area contributed by atoms with E-state index >= 15 is 0 Å². The summed E-state index contributed by atoms with van der Waals surface area (Å²) in [6, 6.07) is 10.8. The summed E-state index contributed by atoms with van der Waals surface area (Å²) in [5.41, 5.74) is 2.31. The molecule has 1 aromatic carbocycles. The maximum absolute atomic E-state index is 11.9. The lowest BCUT2D eigenvalue weighted by Gasteiger charge is -2.40. The van der Waals surface area contributed by atoms with E-state index in [1.807, 2.05) is 6.07 Å². The van der Waals surface area contributed by atoms with Gasteiger partial charge in [-0.05, 0) is 31.4 Å². The smallest absolute Gasteiger partial charge is 0.162 e. The Balaban J connectivity index is 1.94. The summed E-state index contributed by atoms with van der Waals surface area (Å²) in [6.07, 6.45) is 6.21.